The predicted octanol–water partition coefficient (Wildman–Crippen LogP) is 3.24. The van der Waals surface area contributed by atoms with Gasteiger partial charge in [-0.3, -0.25) is 4.99 Å². The number of fused-ring (bicyclic) bond motifs is 1. The fourth-order valence-electron chi connectivity index (χ4n) is 2.97. The van der Waals surface area contributed by atoms with Gasteiger partial charge < -0.3 is 14.8 Å². The van der Waals surface area contributed by atoms with E-state index in [4.69, 9.17) is 9.47 Å². The third kappa shape index (κ3) is 3.18. The van der Waals surface area contributed by atoms with E-state index in [0.29, 0.717) is 11.5 Å². The van der Waals surface area contributed by atoms with Gasteiger partial charge in [-0.15, -0.1) is 0 Å². The van der Waals surface area contributed by atoms with Crippen molar-refractivity contribution in [3.63, 3.8) is 0 Å². The zero-order chi connectivity index (χ0) is 17.1. The Kier molecular flexibility index (Phi) is 4.64. The summed E-state index contributed by atoms with van der Waals surface area (Å²) in [5.41, 5.74) is 3.17. The lowest BCUT2D eigenvalue weighted by molar-refractivity contribution is 0.358. The highest BCUT2D eigenvalue weighted by Gasteiger charge is 2.15. The molecule has 0 amide bonds. The summed E-state index contributed by atoms with van der Waals surface area (Å²) in [5, 5.41) is 4.39. The highest BCUT2D eigenvalue weighted by atomic mass is 16.5. The molecular formula is C18H22N4O2. The Morgan fingerprint density at radius 2 is 2.04 bits per heavy atom. The first-order valence-corrected chi connectivity index (χ1v) is 7.95. The molecule has 0 bridgehead atoms. The Labute approximate surface area is 141 Å². The van der Waals surface area contributed by atoms with Crippen LogP contribution in [0.4, 0.5) is 5.82 Å². The van der Waals surface area contributed by atoms with E-state index >= 15 is 0 Å². The van der Waals surface area contributed by atoms with E-state index in [9.17, 15) is 0 Å². The van der Waals surface area contributed by atoms with Crippen LogP contribution in [0, 0.1) is 0 Å². The van der Waals surface area contributed by atoms with Crippen molar-refractivity contribution in [2.45, 2.75) is 26.3 Å². The largest absolute Gasteiger partial charge is 0.493 e. The first kappa shape index (κ1) is 16.2. The summed E-state index contributed by atoms with van der Waals surface area (Å²) < 4.78 is 10.8. The highest BCUT2D eigenvalue weighted by molar-refractivity contribution is 5.96. The van der Waals surface area contributed by atoms with Crippen LogP contribution in [-0.4, -0.2) is 42.5 Å². The van der Waals surface area contributed by atoms with Crippen LogP contribution in [0.2, 0.25) is 0 Å². The van der Waals surface area contributed by atoms with Crippen LogP contribution in [0.25, 0.3) is 10.9 Å². The summed E-state index contributed by atoms with van der Waals surface area (Å²) in [6.45, 7) is 4.97. The fraction of sp³-hybridized carbons (Fsp3) is 0.389. The average Bonchev–Trinajstić information content (AvgIpc) is 2.98. The van der Waals surface area contributed by atoms with E-state index in [1.54, 1.807) is 20.5 Å². The maximum Gasteiger partial charge on any atom is 0.187 e. The van der Waals surface area contributed by atoms with Crippen molar-refractivity contribution < 1.29 is 9.47 Å². The van der Waals surface area contributed by atoms with Crippen molar-refractivity contribution in [3.05, 3.63) is 30.1 Å². The molecule has 0 radical (unpaired) electrons. The lowest BCUT2D eigenvalue weighted by atomic mass is 10.1. The van der Waals surface area contributed by atoms with Crippen molar-refractivity contribution in [3.8, 4) is 11.5 Å². The van der Waals surface area contributed by atoms with Gasteiger partial charge in [0.25, 0.3) is 0 Å². The molecule has 0 saturated carbocycles. The summed E-state index contributed by atoms with van der Waals surface area (Å²) in [4.78, 5) is 13.2. The minimum absolute atomic E-state index is 0.239. The van der Waals surface area contributed by atoms with E-state index in [0.717, 1.165) is 35.4 Å². The molecule has 1 unspecified atom stereocenters. The van der Waals surface area contributed by atoms with Gasteiger partial charge in [0.1, 0.15) is 17.7 Å². The number of nitrogens with one attached hydrogen (secondary N) is 1. The molecule has 24 heavy (non-hydrogen) atoms. The van der Waals surface area contributed by atoms with Crippen molar-refractivity contribution in [2.75, 3.05) is 26.1 Å². The molecule has 0 aliphatic carbocycles. The SMILES string of the molecule is COc1ccc2c(NC(C)CC3=CC(C)=NC3)ncnc2c1OC. The molecule has 126 valence electrons. The van der Waals surface area contributed by atoms with Crippen molar-refractivity contribution in [1.82, 2.24) is 9.97 Å². The molecular weight excluding hydrogens is 304 g/mol. The van der Waals surface area contributed by atoms with Gasteiger partial charge in [-0.2, -0.15) is 0 Å². The number of rotatable bonds is 6. The molecule has 0 fully saturated rings. The van der Waals surface area contributed by atoms with Crippen LogP contribution in [0.5, 0.6) is 11.5 Å². The van der Waals surface area contributed by atoms with Gasteiger partial charge in [0, 0.05) is 17.1 Å². The van der Waals surface area contributed by atoms with E-state index in [2.05, 4.69) is 33.3 Å². The van der Waals surface area contributed by atoms with Crippen LogP contribution >= 0.6 is 0 Å². The standard InChI is InChI=1S/C18H22N4O2/c1-11-7-13(9-19-11)8-12(2)22-18-14-5-6-15(23-3)17(24-4)16(14)20-10-21-18/h5-7,10,12H,8-9H2,1-4H3,(H,20,21,22). The maximum absolute atomic E-state index is 5.46. The zero-order valence-corrected chi connectivity index (χ0v) is 14.5. The Morgan fingerprint density at radius 3 is 2.71 bits per heavy atom. The first-order valence-electron chi connectivity index (χ1n) is 7.95. The normalized spacial score (nSPS) is 15.0. The molecule has 0 saturated heterocycles. The predicted molar refractivity (Wildman–Crippen MR) is 96.4 cm³/mol. The molecule has 2 aromatic rings. The molecule has 1 aromatic heterocycles. The molecule has 1 aliphatic heterocycles. The van der Waals surface area contributed by atoms with E-state index in [-0.39, 0.29) is 6.04 Å². The number of hydrogen-bond donors (Lipinski definition) is 1. The number of nitrogens with zero attached hydrogens (tertiary/aromatic N) is 3. The number of benzene rings is 1. The van der Waals surface area contributed by atoms with Crippen LogP contribution in [0.1, 0.15) is 20.3 Å². The van der Waals surface area contributed by atoms with Gasteiger partial charge in [0.05, 0.1) is 20.8 Å². The molecule has 1 aromatic carbocycles. The number of anilines is 1. The lowest BCUT2D eigenvalue weighted by Crippen LogP contribution is -2.17. The van der Waals surface area contributed by atoms with Crippen molar-refractivity contribution >= 4 is 22.4 Å². The Balaban J connectivity index is 1.86. The number of allylic oxidation sites excluding steroid dienone is 1. The monoisotopic (exact) mass is 326 g/mol. The first-order chi connectivity index (χ1) is 11.6. The summed E-state index contributed by atoms with van der Waals surface area (Å²) in [6, 6.07) is 4.06. The lowest BCUT2D eigenvalue weighted by Gasteiger charge is -2.17. The van der Waals surface area contributed by atoms with Crippen LogP contribution in [0.3, 0.4) is 0 Å². The quantitative estimate of drug-likeness (QED) is 0.882. The minimum Gasteiger partial charge on any atom is -0.493 e. The van der Waals surface area contributed by atoms with E-state index < -0.39 is 0 Å². The fourth-order valence-corrected chi connectivity index (χ4v) is 2.97. The molecule has 6 nitrogen and oxygen atoms in total. The van der Waals surface area contributed by atoms with Crippen LogP contribution in [-0.2, 0) is 0 Å². The molecule has 1 aliphatic rings. The van der Waals surface area contributed by atoms with Gasteiger partial charge in [-0.25, -0.2) is 9.97 Å². The number of aliphatic imine (C=N–C) groups is 1. The Bertz CT molecular complexity index is 814. The summed E-state index contributed by atoms with van der Waals surface area (Å²) >= 11 is 0. The van der Waals surface area contributed by atoms with Crippen LogP contribution < -0.4 is 14.8 Å². The summed E-state index contributed by atoms with van der Waals surface area (Å²) in [7, 11) is 3.23. The summed E-state index contributed by atoms with van der Waals surface area (Å²) in [5.74, 6) is 2.08. The van der Waals surface area contributed by atoms with Gasteiger partial charge in [-0.05, 0) is 44.1 Å². The Hall–Kier alpha value is -2.63. The van der Waals surface area contributed by atoms with Crippen LogP contribution in [0.15, 0.2) is 35.1 Å². The molecule has 2 heterocycles. The third-order valence-electron chi connectivity index (χ3n) is 4.04. The number of aromatic nitrogens is 2. The molecule has 3 rings (SSSR count). The van der Waals surface area contributed by atoms with Crippen molar-refractivity contribution in [1.29, 1.82) is 0 Å². The Morgan fingerprint density at radius 1 is 1.21 bits per heavy atom. The van der Waals surface area contributed by atoms with Gasteiger partial charge in [0.15, 0.2) is 11.5 Å². The van der Waals surface area contributed by atoms with Gasteiger partial charge in [0.2, 0.25) is 0 Å². The number of methoxy groups -OCH3 is 2. The minimum atomic E-state index is 0.239. The highest BCUT2D eigenvalue weighted by Crippen LogP contribution is 2.36. The maximum atomic E-state index is 5.46. The average molecular weight is 326 g/mol. The topological polar surface area (TPSA) is 68.6 Å². The second-order valence-corrected chi connectivity index (χ2v) is 5.93. The number of hydrogen-bond acceptors (Lipinski definition) is 6. The summed E-state index contributed by atoms with van der Waals surface area (Å²) in [6.07, 6.45) is 4.63. The third-order valence-corrected chi connectivity index (χ3v) is 4.04. The van der Waals surface area contributed by atoms with Gasteiger partial charge in [-0.1, -0.05) is 0 Å². The van der Waals surface area contributed by atoms with E-state index in [1.165, 1.54) is 5.57 Å². The number of ether oxygens (including phenoxy) is 2. The zero-order valence-electron chi connectivity index (χ0n) is 14.5. The van der Waals surface area contributed by atoms with Gasteiger partial charge >= 0.3 is 0 Å². The molecule has 0 spiro atoms. The molecule has 1 N–H and O–H groups in total. The second-order valence-electron chi connectivity index (χ2n) is 5.93. The smallest absolute Gasteiger partial charge is 0.187 e. The molecule has 6 heteroatoms. The van der Waals surface area contributed by atoms with Crippen molar-refractivity contribution in [2.24, 2.45) is 4.99 Å². The van der Waals surface area contributed by atoms with E-state index in [1.807, 2.05) is 19.1 Å². The second kappa shape index (κ2) is 6.86. The molecule has 1 atom stereocenters.